The number of urea groups is 1. The molecule has 1 aromatic carbocycles. The van der Waals surface area contributed by atoms with Crippen LogP contribution in [0.5, 0.6) is 0 Å². The van der Waals surface area contributed by atoms with Gasteiger partial charge in [-0.15, -0.1) is 6.58 Å². The third-order valence-electron chi connectivity index (χ3n) is 4.38. The summed E-state index contributed by atoms with van der Waals surface area (Å²) < 4.78 is 0. The Hall–Kier alpha value is -2.11. The molecular weight excluding hydrogens is 342 g/mol. The van der Waals surface area contributed by atoms with Gasteiger partial charge < -0.3 is 15.1 Å². The maximum atomic E-state index is 12.6. The van der Waals surface area contributed by atoms with Crippen LogP contribution in [0.15, 0.2) is 59.8 Å². The minimum atomic E-state index is -0.0277. The van der Waals surface area contributed by atoms with Crippen molar-refractivity contribution >= 4 is 17.4 Å². The first-order chi connectivity index (χ1) is 12.6. The van der Waals surface area contributed by atoms with Crippen LogP contribution in [0.25, 0.3) is 0 Å². The molecule has 0 spiro atoms. The molecule has 2 aromatic rings. The molecule has 5 heteroatoms. The molecule has 1 heterocycles. The van der Waals surface area contributed by atoms with Gasteiger partial charge >= 0.3 is 6.03 Å². The van der Waals surface area contributed by atoms with Crippen LogP contribution >= 0.6 is 11.3 Å². The SMILES string of the molecule is C=CCN(CC(Cc1ccccc1)N(C)C)C(=O)NCCc1ccsc1. The predicted molar refractivity (Wildman–Crippen MR) is 111 cm³/mol. The number of thiophene rings is 1. The molecule has 2 rings (SSSR count). The highest BCUT2D eigenvalue weighted by molar-refractivity contribution is 7.07. The Kier molecular flexibility index (Phi) is 8.38. The number of rotatable bonds is 10. The number of amides is 2. The van der Waals surface area contributed by atoms with Crippen molar-refractivity contribution in [1.82, 2.24) is 15.1 Å². The van der Waals surface area contributed by atoms with Crippen LogP contribution in [0.3, 0.4) is 0 Å². The topological polar surface area (TPSA) is 35.6 Å². The van der Waals surface area contributed by atoms with E-state index < -0.39 is 0 Å². The van der Waals surface area contributed by atoms with Gasteiger partial charge in [0.2, 0.25) is 0 Å². The van der Waals surface area contributed by atoms with E-state index in [0.29, 0.717) is 19.6 Å². The molecule has 0 saturated carbocycles. The number of carbonyl (C=O) groups is 1. The summed E-state index contributed by atoms with van der Waals surface area (Å²) in [5, 5.41) is 7.22. The van der Waals surface area contributed by atoms with Crippen LogP contribution in [-0.2, 0) is 12.8 Å². The number of carbonyl (C=O) groups excluding carboxylic acids is 1. The van der Waals surface area contributed by atoms with E-state index in [1.54, 1.807) is 17.4 Å². The molecule has 1 aromatic heterocycles. The first-order valence-corrected chi connectivity index (χ1v) is 9.89. The number of nitrogens with zero attached hydrogens (tertiary/aromatic N) is 2. The Morgan fingerprint density at radius 3 is 2.62 bits per heavy atom. The molecule has 0 radical (unpaired) electrons. The summed E-state index contributed by atoms with van der Waals surface area (Å²) in [5.41, 5.74) is 2.54. The van der Waals surface area contributed by atoms with Crippen LogP contribution in [0.4, 0.5) is 4.79 Å². The highest BCUT2D eigenvalue weighted by Gasteiger charge is 2.20. The molecule has 0 aliphatic heterocycles. The second kappa shape index (κ2) is 10.8. The smallest absolute Gasteiger partial charge is 0.317 e. The molecule has 0 aliphatic rings. The second-order valence-electron chi connectivity index (χ2n) is 6.61. The number of benzene rings is 1. The average Bonchev–Trinajstić information content (AvgIpc) is 3.14. The summed E-state index contributed by atoms with van der Waals surface area (Å²) in [5.74, 6) is 0. The quantitative estimate of drug-likeness (QED) is 0.647. The Morgan fingerprint density at radius 2 is 2.00 bits per heavy atom. The molecule has 0 saturated heterocycles. The fourth-order valence-electron chi connectivity index (χ4n) is 2.81. The third kappa shape index (κ3) is 6.65. The van der Waals surface area contributed by atoms with Crippen molar-refractivity contribution in [3.8, 4) is 0 Å². The Bertz CT molecular complexity index is 655. The summed E-state index contributed by atoms with van der Waals surface area (Å²) in [6.07, 6.45) is 3.55. The molecule has 4 nitrogen and oxygen atoms in total. The van der Waals surface area contributed by atoms with E-state index in [4.69, 9.17) is 0 Å². The van der Waals surface area contributed by atoms with Crippen molar-refractivity contribution in [3.05, 3.63) is 70.9 Å². The van der Waals surface area contributed by atoms with Gasteiger partial charge in [0, 0.05) is 25.7 Å². The van der Waals surface area contributed by atoms with Crippen molar-refractivity contribution in [1.29, 1.82) is 0 Å². The van der Waals surface area contributed by atoms with Gasteiger partial charge in [0.25, 0.3) is 0 Å². The van der Waals surface area contributed by atoms with Crippen molar-refractivity contribution in [3.63, 3.8) is 0 Å². The predicted octanol–water partition coefficient (Wildman–Crippen LogP) is 3.66. The van der Waals surface area contributed by atoms with E-state index in [1.807, 2.05) is 11.0 Å². The molecule has 1 unspecified atom stereocenters. The lowest BCUT2D eigenvalue weighted by Gasteiger charge is -2.31. The Labute approximate surface area is 161 Å². The average molecular weight is 372 g/mol. The number of nitrogens with one attached hydrogen (secondary N) is 1. The zero-order chi connectivity index (χ0) is 18.8. The van der Waals surface area contributed by atoms with Crippen LogP contribution in [0.2, 0.25) is 0 Å². The molecule has 0 bridgehead atoms. The zero-order valence-corrected chi connectivity index (χ0v) is 16.5. The highest BCUT2D eigenvalue weighted by Crippen LogP contribution is 2.09. The molecular formula is C21H29N3OS. The standard InChI is InChI=1S/C21H29N3OS/c1-4-13-24(21(25)22-12-10-19-11-14-26-17-19)16-20(23(2)3)15-18-8-6-5-7-9-18/h4-9,11,14,17,20H,1,10,12-13,15-16H2,2-3H3,(H,22,25). The van der Waals surface area contributed by atoms with Gasteiger partial charge in [-0.05, 0) is 54.9 Å². The van der Waals surface area contributed by atoms with E-state index in [2.05, 4.69) is 72.0 Å². The molecule has 140 valence electrons. The minimum absolute atomic E-state index is 0.0277. The van der Waals surface area contributed by atoms with Gasteiger partial charge in [-0.2, -0.15) is 11.3 Å². The van der Waals surface area contributed by atoms with Gasteiger partial charge in [0.05, 0.1) is 0 Å². The zero-order valence-electron chi connectivity index (χ0n) is 15.7. The van der Waals surface area contributed by atoms with Gasteiger partial charge in [-0.25, -0.2) is 4.79 Å². The second-order valence-corrected chi connectivity index (χ2v) is 7.39. The summed E-state index contributed by atoms with van der Waals surface area (Å²) in [6, 6.07) is 12.7. The fourth-order valence-corrected chi connectivity index (χ4v) is 3.51. The largest absolute Gasteiger partial charge is 0.338 e. The normalized spacial score (nSPS) is 12.0. The number of hydrogen-bond acceptors (Lipinski definition) is 3. The molecule has 26 heavy (non-hydrogen) atoms. The van der Waals surface area contributed by atoms with Crippen LogP contribution in [-0.4, -0.2) is 55.6 Å². The summed E-state index contributed by atoms with van der Waals surface area (Å²) >= 11 is 1.68. The van der Waals surface area contributed by atoms with Gasteiger partial charge in [-0.3, -0.25) is 0 Å². The maximum Gasteiger partial charge on any atom is 0.317 e. The minimum Gasteiger partial charge on any atom is -0.338 e. The van der Waals surface area contributed by atoms with E-state index in [0.717, 1.165) is 12.8 Å². The van der Waals surface area contributed by atoms with Crippen LogP contribution in [0.1, 0.15) is 11.1 Å². The van der Waals surface area contributed by atoms with Gasteiger partial charge in [0.1, 0.15) is 0 Å². The summed E-state index contributed by atoms with van der Waals surface area (Å²) in [7, 11) is 4.13. The van der Waals surface area contributed by atoms with E-state index in [1.165, 1.54) is 11.1 Å². The Morgan fingerprint density at radius 1 is 1.23 bits per heavy atom. The lowest BCUT2D eigenvalue weighted by Crippen LogP contribution is -2.48. The highest BCUT2D eigenvalue weighted by atomic mass is 32.1. The first-order valence-electron chi connectivity index (χ1n) is 8.95. The van der Waals surface area contributed by atoms with Crippen LogP contribution in [0, 0.1) is 0 Å². The van der Waals surface area contributed by atoms with Gasteiger partial charge in [0.15, 0.2) is 0 Å². The van der Waals surface area contributed by atoms with E-state index in [-0.39, 0.29) is 12.1 Å². The first kappa shape index (κ1) is 20.2. The van der Waals surface area contributed by atoms with Crippen molar-refractivity contribution in [2.45, 2.75) is 18.9 Å². The maximum absolute atomic E-state index is 12.6. The molecule has 0 aliphatic carbocycles. The van der Waals surface area contributed by atoms with Crippen molar-refractivity contribution in [2.24, 2.45) is 0 Å². The van der Waals surface area contributed by atoms with Crippen molar-refractivity contribution in [2.75, 3.05) is 33.7 Å². The van der Waals surface area contributed by atoms with E-state index >= 15 is 0 Å². The fraction of sp³-hybridized carbons (Fsp3) is 0.381. The van der Waals surface area contributed by atoms with Crippen molar-refractivity contribution < 1.29 is 4.79 Å². The number of likely N-dealkylation sites (N-methyl/N-ethyl adjacent to an activating group) is 1. The third-order valence-corrected chi connectivity index (χ3v) is 5.11. The lowest BCUT2D eigenvalue weighted by molar-refractivity contribution is 0.177. The molecule has 1 atom stereocenters. The number of hydrogen-bond donors (Lipinski definition) is 1. The lowest BCUT2D eigenvalue weighted by atomic mass is 10.0. The molecule has 2 amide bonds. The summed E-state index contributed by atoms with van der Waals surface area (Å²) in [6.45, 7) is 5.66. The molecule has 0 fully saturated rings. The summed E-state index contributed by atoms with van der Waals surface area (Å²) in [4.78, 5) is 16.6. The monoisotopic (exact) mass is 371 g/mol. The van der Waals surface area contributed by atoms with Gasteiger partial charge in [-0.1, -0.05) is 36.4 Å². The molecule has 1 N–H and O–H groups in total. The Balaban J connectivity index is 1.92. The van der Waals surface area contributed by atoms with Crippen LogP contribution < -0.4 is 5.32 Å². The van der Waals surface area contributed by atoms with E-state index in [9.17, 15) is 4.79 Å².